The number of nitrogens with zero attached hydrogens (tertiary/aromatic N) is 1. The summed E-state index contributed by atoms with van der Waals surface area (Å²) in [6.07, 6.45) is 1.11. The highest BCUT2D eigenvalue weighted by Gasteiger charge is 2.30. The average Bonchev–Trinajstić information content (AvgIpc) is 2.46. The Morgan fingerprint density at radius 2 is 2.36 bits per heavy atom. The van der Waals surface area contributed by atoms with E-state index in [-0.39, 0.29) is 18.1 Å². The van der Waals surface area contributed by atoms with E-state index in [1.165, 1.54) is 11.3 Å². The fourth-order valence-electron chi connectivity index (χ4n) is 1.41. The largest absolute Gasteiger partial charge is 0.481 e. The molecule has 1 N–H and O–H groups in total. The van der Waals surface area contributed by atoms with Gasteiger partial charge in [-0.1, -0.05) is 0 Å². The molecule has 1 heterocycles. The van der Waals surface area contributed by atoms with Crippen LogP contribution in [0.4, 0.5) is 0 Å². The van der Waals surface area contributed by atoms with E-state index in [0.717, 1.165) is 5.01 Å². The summed E-state index contributed by atoms with van der Waals surface area (Å²) in [7, 11) is 0. The first-order chi connectivity index (χ1) is 6.65. The molecule has 4 nitrogen and oxygen atoms in total. The van der Waals surface area contributed by atoms with E-state index in [2.05, 4.69) is 4.98 Å². The SMILES string of the molecule is O=C(O)Cc1csc(C2CC(=O)C2)n1. The Balaban J connectivity index is 2.03. The number of rotatable bonds is 3. The van der Waals surface area contributed by atoms with E-state index in [0.29, 0.717) is 18.5 Å². The number of aromatic nitrogens is 1. The lowest BCUT2D eigenvalue weighted by Crippen LogP contribution is -2.21. The average molecular weight is 211 g/mol. The van der Waals surface area contributed by atoms with Gasteiger partial charge in [-0.15, -0.1) is 11.3 Å². The van der Waals surface area contributed by atoms with Gasteiger partial charge in [0.05, 0.1) is 17.1 Å². The summed E-state index contributed by atoms with van der Waals surface area (Å²) >= 11 is 1.45. The van der Waals surface area contributed by atoms with Crippen LogP contribution >= 0.6 is 11.3 Å². The third kappa shape index (κ3) is 1.82. The number of thiazole rings is 1. The predicted octanol–water partition coefficient (Wildman–Crippen LogP) is 1.22. The Labute approximate surface area is 84.6 Å². The summed E-state index contributed by atoms with van der Waals surface area (Å²) < 4.78 is 0. The second-order valence-corrected chi connectivity index (χ2v) is 4.28. The van der Waals surface area contributed by atoms with Crippen molar-refractivity contribution in [2.75, 3.05) is 0 Å². The number of hydrogen-bond acceptors (Lipinski definition) is 4. The molecule has 0 atom stereocenters. The Kier molecular flexibility index (Phi) is 2.33. The van der Waals surface area contributed by atoms with E-state index >= 15 is 0 Å². The third-order valence-corrected chi connectivity index (χ3v) is 3.26. The molecule has 0 aromatic carbocycles. The van der Waals surface area contributed by atoms with Gasteiger partial charge in [0.25, 0.3) is 0 Å². The topological polar surface area (TPSA) is 67.3 Å². The summed E-state index contributed by atoms with van der Waals surface area (Å²) in [6.45, 7) is 0. The molecule has 2 rings (SSSR count). The van der Waals surface area contributed by atoms with Crippen molar-refractivity contribution in [1.82, 2.24) is 4.98 Å². The quantitative estimate of drug-likeness (QED) is 0.816. The monoisotopic (exact) mass is 211 g/mol. The Morgan fingerprint density at radius 3 is 2.93 bits per heavy atom. The molecule has 1 aliphatic carbocycles. The molecule has 0 spiro atoms. The van der Waals surface area contributed by atoms with Crippen molar-refractivity contribution < 1.29 is 14.7 Å². The Morgan fingerprint density at radius 1 is 1.64 bits per heavy atom. The highest BCUT2D eigenvalue weighted by molar-refractivity contribution is 7.09. The van der Waals surface area contributed by atoms with Crippen LogP contribution in [0.15, 0.2) is 5.38 Å². The van der Waals surface area contributed by atoms with Crippen LogP contribution in [0.1, 0.15) is 29.5 Å². The maximum absolute atomic E-state index is 10.8. The fourth-order valence-corrected chi connectivity index (χ4v) is 2.33. The van der Waals surface area contributed by atoms with Gasteiger partial charge in [0.1, 0.15) is 5.78 Å². The van der Waals surface area contributed by atoms with E-state index in [1.807, 2.05) is 0 Å². The van der Waals surface area contributed by atoms with Crippen molar-refractivity contribution >= 4 is 23.1 Å². The number of carbonyl (C=O) groups is 2. The second kappa shape index (κ2) is 3.49. The number of carboxylic acid groups (broad SMARTS) is 1. The first kappa shape index (κ1) is 9.33. The molecular formula is C9H9NO3S. The maximum Gasteiger partial charge on any atom is 0.309 e. The van der Waals surface area contributed by atoms with Crippen molar-refractivity contribution in [1.29, 1.82) is 0 Å². The molecule has 0 aliphatic heterocycles. The number of ketones is 1. The first-order valence-electron chi connectivity index (χ1n) is 4.33. The molecule has 1 saturated carbocycles. The lowest BCUT2D eigenvalue weighted by atomic mass is 9.85. The smallest absolute Gasteiger partial charge is 0.309 e. The van der Waals surface area contributed by atoms with E-state index in [9.17, 15) is 9.59 Å². The molecule has 0 amide bonds. The van der Waals surface area contributed by atoms with Crippen LogP contribution in [-0.2, 0) is 16.0 Å². The third-order valence-electron chi connectivity index (χ3n) is 2.20. The van der Waals surface area contributed by atoms with Crippen LogP contribution in [0, 0.1) is 0 Å². The molecule has 1 aromatic heterocycles. The van der Waals surface area contributed by atoms with Crippen LogP contribution in [0.3, 0.4) is 0 Å². The van der Waals surface area contributed by atoms with Crippen molar-refractivity contribution in [3.8, 4) is 0 Å². The van der Waals surface area contributed by atoms with Gasteiger partial charge in [-0.3, -0.25) is 9.59 Å². The molecule has 74 valence electrons. The molecule has 0 radical (unpaired) electrons. The zero-order chi connectivity index (χ0) is 10.1. The predicted molar refractivity (Wildman–Crippen MR) is 50.4 cm³/mol. The van der Waals surface area contributed by atoms with Crippen LogP contribution in [0.2, 0.25) is 0 Å². The van der Waals surface area contributed by atoms with Gasteiger partial charge >= 0.3 is 5.97 Å². The van der Waals surface area contributed by atoms with Gasteiger partial charge in [-0.2, -0.15) is 0 Å². The van der Waals surface area contributed by atoms with Gasteiger partial charge in [0.2, 0.25) is 0 Å². The molecular weight excluding hydrogens is 202 g/mol. The minimum absolute atomic E-state index is 0.0306. The fraction of sp³-hybridized carbons (Fsp3) is 0.444. The molecule has 5 heteroatoms. The molecule has 0 bridgehead atoms. The highest BCUT2D eigenvalue weighted by atomic mass is 32.1. The number of carboxylic acids is 1. The molecule has 0 saturated heterocycles. The summed E-state index contributed by atoms with van der Waals surface area (Å²) in [6, 6.07) is 0. The first-order valence-corrected chi connectivity index (χ1v) is 5.21. The zero-order valence-electron chi connectivity index (χ0n) is 7.40. The number of aliphatic carboxylic acids is 1. The van der Waals surface area contributed by atoms with Gasteiger partial charge in [0.15, 0.2) is 0 Å². The number of carbonyl (C=O) groups excluding carboxylic acids is 1. The minimum Gasteiger partial charge on any atom is -0.481 e. The van der Waals surface area contributed by atoms with Crippen molar-refractivity contribution in [2.24, 2.45) is 0 Å². The highest BCUT2D eigenvalue weighted by Crippen LogP contribution is 2.35. The Hall–Kier alpha value is -1.23. The standard InChI is InChI=1S/C9H9NO3S/c11-7-1-5(2-7)9-10-6(4-14-9)3-8(12)13/h4-5H,1-3H2,(H,12,13). The molecule has 1 fully saturated rings. The lowest BCUT2D eigenvalue weighted by Gasteiger charge is -2.21. The Bertz CT molecular complexity index is 377. The van der Waals surface area contributed by atoms with Crippen LogP contribution in [-0.4, -0.2) is 21.8 Å². The number of hydrogen-bond donors (Lipinski definition) is 1. The molecule has 14 heavy (non-hydrogen) atoms. The zero-order valence-corrected chi connectivity index (χ0v) is 8.21. The van der Waals surface area contributed by atoms with Crippen molar-refractivity contribution in [2.45, 2.75) is 25.2 Å². The second-order valence-electron chi connectivity index (χ2n) is 3.39. The summed E-state index contributed by atoms with van der Waals surface area (Å²) in [5.74, 6) is -0.355. The normalized spacial score (nSPS) is 16.7. The summed E-state index contributed by atoms with van der Waals surface area (Å²) in [5.41, 5.74) is 0.594. The van der Waals surface area contributed by atoms with E-state index in [1.54, 1.807) is 5.38 Å². The van der Waals surface area contributed by atoms with Crippen LogP contribution in [0.25, 0.3) is 0 Å². The summed E-state index contributed by atoms with van der Waals surface area (Å²) in [5, 5.41) is 11.2. The van der Waals surface area contributed by atoms with Gasteiger partial charge in [-0.05, 0) is 0 Å². The van der Waals surface area contributed by atoms with E-state index < -0.39 is 5.97 Å². The van der Waals surface area contributed by atoms with Crippen LogP contribution in [0.5, 0.6) is 0 Å². The van der Waals surface area contributed by atoms with Gasteiger partial charge in [-0.25, -0.2) is 4.98 Å². The lowest BCUT2D eigenvalue weighted by molar-refractivity contribution is -0.136. The molecule has 0 unspecified atom stereocenters. The van der Waals surface area contributed by atoms with E-state index in [4.69, 9.17) is 5.11 Å². The van der Waals surface area contributed by atoms with Crippen LogP contribution < -0.4 is 0 Å². The van der Waals surface area contributed by atoms with Crippen molar-refractivity contribution in [3.63, 3.8) is 0 Å². The number of Topliss-reactive ketones (excluding diaryl/α,β-unsaturated/α-hetero) is 1. The summed E-state index contributed by atoms with van der Waals surface area (Å²) in [4.78, 5) is 25.3. The van der Waals surface area contributed by atoms with Crippen molar-refractivity contribution in [3.05, 3.63) is 16.1 Å². The molecule has 1 aromatic rings. The maximum atomic E-state index is 10.8. The van der Waals surface area contributed by atoms with Gasteiger partial charge in [0, 0.05) is 24.1 Å². The van der Waals surface area contributed by atoms with Gasteiger partial charge < -0.3 is 5.11 Å². The minimum atomic E-state index is -0.869. The molecule has 1 aliphatic rings.